The molecule has 0 radical (unpaired) electrons. The van der Waals surface area contributed by atoms with Gasteiger partial charge in [-0.1, -0.05) is 23.7 Å². The van der Waals surface area contributed by atoms with Gasteiger partial charge in [0, 0.05) is 18.2 Å². The van der Waals surface area contributed by atoms with Crippen LogP contribution in [0.2, 0.25) is 5.02 Å². The van der Waals surface area contributed by atoms with Gasteiger partial charge in [0.25, 0.3) is 0 Å². The zero-order valence-electron chi connectivity index (χ0n) is 9.42. The average molecular weight is 240 g/mol. The van der Waals surface area contributed by atoms with Gasteiger partial charge in [-0.25, -0.2) is 0 Å². The van der Waals surface area contributed by atoms with Crippen LogP contribution < -0.4 is 5.32 Å². The first kappa shape index (κ1) is 11.9. The highest BCUT2D eigenvalue weighted by molar-refractivity contribution is 6.30. The van der Waals surface area contributed by atoms with E-state index in [0.717, 1.165) is 31.1 Å². The lowest BCUT2D eigenvalue weighted by Crippen LogP contribution is -2.27. The van der Waals surface area contributed by atoms with Gasteiger partial charge in [0.1, 0.15) is 0 Å². The van der Waals surface area contributed by atoms with E-state index in [1.165, 1.54) is 18.4 Å². The van der Waals surface area contributed by atoms with Crippen molar-refractivity contribution in [3.63, 3.8) is 0 Å². The van der Waals surface area contributed by atoms with Crippen molar-refractivity contribution in [2.75, 3.05) is 19.7 Å². The summed E-state index contributed by atoms with van der Waals surface area (Å²) >= 11 is 5.83. The summed E-state index contributed by atoms with van der Waals surface area (Å²) in [6, 6.07) is 8.04. The molecule has 0 amide bonds. The molecule has 2 rings (SSSR count). The van der Waals surface area contributed by atoms with Crippen LogP contribution in [0.4, 0.5) is 0 Å². The van der Waals surface area contributed by atoms with Crippen LogP contribution in [0.3, 0.4) is 0 Å². The molecular weight excluding hydrogens is 222 g/mol. The first-order valence-electron chi connectivity index (χ1n) is 5.91. The lowest BCUT2D eigenvalue weighted by atomic mass is 10.1. The molecule has 1 aromatic rings. The molecule has 0 aromatic heterocycles. The SMILES string of the molecule is Clc1ccc(CCNCC2CCCO2)cc1. The topological polar surface area (TPSA) is 21.3 Å². The second-order valence-electron chi connectivity index (χ2n) is 4.22. The first-order valence-corrected chi connectivity index (χ1v) is 6.29. The van der Waals surface area contributed by atoms with Crippen molar-refractivity contribution in [2.24, 2.45) is 0 Å². The lowest BCUT2D eigenvalue weighted by molar-refractivity contribution is 0.110. The van der Waals surface area contributed by atoms with Gasteiger partial charge in [-0.05, 0) is 43.5 Å². The number of ether oxygens (including phenoxy) is 1. The molecule has 1 heterocycles. The van der Waals surface area contributed by atoms with Crippen molar-refractivity contribution >= 4 is 11.6 Å². The van der Waals surface area contributed by atoms with E-state index in [9.17, 15) is 0 Å². The van der Waals surface area contributed by atoms with E-state index in [1.54, 1.807) is 0 Å². The normalized spacial score (nSPS) is 20.2. The second kappa shape index (κ2) is 6.24. The van der Waals surface area contributed by atoms with Gasteiger partial charge in [0.2, 0.25) is 0 Å². The van der Waals surface area contributed by atoms with Crippen molar-refractivity contribution in [3.8, 4) is 0 Å². The molecule has 1 aromatic carbocycles. The van der Waals surface area contributed by atoms with E-state index in [-0.39, 0.29) is 0 Å². The number of benzene rings is 1. The van der Waals surface area contributed by atoms with Crippen LogP contribution in [0.25, 0.3) is 0 Å². The Morgan fingerprint density at radius 2 is 2.12 bits per heavy atom. The van der Waals surface area contributed by atoms with Crippen LogP contribution >= 0.6 is 11.6 Å². The quantitative estimate of drug-likeness (QED) is 0.798. The number of hydrogen-bond donors (Lipinski definition) is 1. The second-order valence-corrected chi connectivity index (χ2v) is 4.65. The number of hydrogen-bond acceptors (Lipinski definition) is 2. The molecule has 1 atom stereocenters. The van der Waals surface area contributed by atoms with Gasteiger partial charge in [-0.3, -0.25) is 0 Å². The molecule has 0 bridgehead atoms. The molecule has 0 aliphatic carbocycles. The Labute approximate surface area is 102 Å². The molecule has 2 nitrogen and oxygen atoms in total. The maximum atomic E-state index is 5.83. The van der Waals surface area contributed by atoms with Crippen LogP contribution in [0.15, 0.2) is 24.3 Å². The molecule has 0 spiro atoms. The van der Waals surface area contributed by atoms with E-state index in [0.29, 0.717) is 6.10 Å². The lowest BCUT2D eigenvalue weighted by Gasteiger charge is -2.10. The third-order valence-electron chi connectivity index (χ3n) is 2.90. The van der Waals surface area contributed by atoms with Crippen molar-refractivity contribution < 1.29 is 4.74 Å². The maximum Gasteiger partial charge on any atom is 0.0700 e. The van der Waals surface area contributed by atoms with Gasteiger partial charge in [-0.15, -0.1) is 0 Å². The monoisotopic (exact) mass is 239 g/mol. The summed E-state index contributed by atoms with van der Waals surface area (Å²) in [5.41, 5.74) is 1.32. The number of nitrogens with one attached hydrogen (secondary N) is 1. The van der Waals surface area contributed by atoms with Gasteiger partial charge in [0.15, 0.2) is 0 Å². The Morgan fingerprint density at radius 1 is 1.31 bits per heavy atom. The van der Waals surface area contributed by atoms with Gasteiger partial charge >= 0.3 is 0 Å². The largest absolute Gasteiger partial charge is 0.377 e. The minimum absolute atomic E-state index is 0.435. The average Bonchev–Trinajstić information content (AvgIpc) is 2.80. The van der Waals surface area contributed by atoms with E-state index in [4.69, 9.17) is 16.3 Å². The Hall–Kier alpha value is -0.570. The predicted molar refractivity (Wildman–Crippen MR) is 67.0 cm³/mol. The summed E-state index contributed by atoms with van der Waals surface area (Å²) in [5, 5.41) is 4.23. The molecular formula is C13H18ClNO. The van der Waals surface area contributed by atoms with E-state index in [2.05, 4.69) is 17.4 Å². The van der Waals surface area contributed by atoms with Crippen molar-refractivity contribution in [2.45, 2.75) is 25.4 Å². The van der Waals surface area contributed by atoms with Crippen LogP contribution in [-0.2, 0) is 11.2 Å². The van der Waals surface area contributed by atoms with Gasteiger partial charge in [-0.2, -0.15) is 0 Å². The fraction of sp³-hybridized carbons (Fsp3) is 0.538. The summed E-state index contributed by atoms with van der Waals surface area (Å²) in [6.45, 7) is 2.92. The van der Waals surface area contributed by atoms with Gasteiger partial charge in [0.05, 0.1) is 6.10 Å². The van der Waals surface area contributed by atoms with E-state index < -0.39 is 0 Å². The molecule has 1 N–H and O–H groups in total. The Bertz CT molecular complexity index is 306. The number of rotatable bonds is 5. The summed E-state index contributed by atoms with van der Waals surface area (Å²) < 4.78 is 5.54. The molecule has 1 saturated heterocycles. The van der Waals surface area contributed by atoms with Crippen LogP contribution in [0.1, 0.15) is 18.4 Å². The van der Waals surface area contributed by atoms with E-state index >= 15 is 0 Å². The Kier molecular flexibility index (Phi) is 4.64. The molecule has 1 aliphatic rings. The first-order chi connectivity index (χ1) is 7.84. The van der Waals surface area contributed by atoms with Crippen LogP contribution in [-0.4, -0.2) is 25.8 Å². The molecule has 88 valence electrons. The molecule has 1 aliphatic heterocycles. The summed E-state index contributed by atoms with van der Waals surface area (Å²) in [6.07, 6.45) is 3.90. The zero-order chi connectivity index (χ0) is 11.2. The summed E-state index contributed by atoms with van der Waals surface area (Å²) in [7, 11) is 0. The predicted octanol–water partition coefficient (Wildman–Crippen LogP) is 2.65. The van der Waals surface area contributed by atoms with Crippen LogP contribution in [0.5, 0.6) is 0 Å². The smallest absolute Gasteiger partial charge is 0.0700 e. The third kappa shape index (κ3) is 3.78. The minimum Gasteiger partial charge on any atom is -0.377 e. The minimum atomic E-state index is 0.435. The summed E-state index contributed by atoms with van der Waals surface area (Å²) in [4.78, 5) is 0. The molecule has 3 heteroatoms. The third-order valence-corrected chi connectivity index (χ3v) is 3.15. The Balaban J connectivity index is 1.62. The molecule has 0 saturated carbocycles. The zero-order valence-corrected chi connectivity index (χ0v) is 10.2. The standard InChI is InChI=1S/C13H18ClNO/c14-12-5-3-11(4-6-12)7-8-15-10-13-2-1-9-16-13/h3-6,13,15H,1-2,7-10H2. The van der Waals surface area contributed by atoms with Crippen molar-refractivity contribution in [1.29, 1.82) is 0 Å². The van der Waals surface area contributed by atoms with Crippen LogP contribution in [0, 0.1) is 0 Å². The van der Waals surface area contributed by atoms with E-state index in [1.807, 2.05) is 12.1 Å². The highest BCUT2D eigenvalue weighted by Gasteiger charge is 2.13. The molecule has 1 unspecified atom stereocenters. The highest BCUT2D eigenvalue weighted by atomic mass is 35.5. The number of halogens is 1. The molecule has 16 heavy (non-hydrogen) atoms. The molecule has 1 fully saturated rings. The fourth-order valence-corrected chi connectivity index (χ4v) is 2.08. The highest BCUT2D eigenvalue weighted by Crippen LogP contribution is 2.11. The fourth-order valence-electron chi connectivity index (χ4n) is 1.95. The van der Waals surface area contributed by atoms with Crippen molar-refractivity contribution in [1.82, 2.24) is 5.32 Å². The summed E-state index contributed by atoms with van der Waals surface area (Å²) in [5.74, 6) is 0. The van der Waals surface area contributed by atoms with Gasteiger partial charge < -0.3 is 10.1 Å². The Morgan fingerprint density at radius 3 is 2.81 bits per heavy atom. The van der Waals surface area contributed by atoms with Crippen molar-refractivity contribution in [3.05, 3.63) is 34.9 Å². The maximum absolute atomic E-state index is 5.83.